The summed E-state index contributed by atoms with van der Waals surface area (Å²) in [4.78, 5) is 20.7. The molecule has 0 spiro atoms. The molecule has 3 rings (SSSR count). The maximum absolute atomic E-state index is 11.1. The van der Waals surface area contributed by atoms with Crippen molar-refractivity contribution in [3.05, 3.63) is 39.8 Å². The summed E-state index contributed by atoms with van der Waals surface area (Å²) in [6.45, 7) is 0. The average Bonchev–Trinajstić information content (AvgIpc) is 2.92. The van der Waals surface area contributed by atoms with Gasteiger partial charge in [-0.15, -0.1) is 11.3 Å². The predicted octanol–water partition coefficient (Wildman–Crippen LogP) is 1.85. The van der Waals surface area contributed by atoms with Crippen LogP contribution in [0.1, 0.15) is 5.69 Å². The molecule has 5 nitrogen and oxygen atoms in total. The molecule has 0 atom stereocenters. The standard InChI is InChI=1S/C11H6N4OS/c12-4-7-5-17-10(13-7)6-1-2-8-9(3-6)15-11(16)14-8/h1-3,5H,(H2,14,15,16). The van der Waals surface area contributed by atoms with Gasteiger partial charge in [0.25, 0.3) is 0 Å². The fourth-order valence-corrected chi connectivity index (χ4v) is 2.37. The van der Waals surface area contributed by atoms with E-state index in [0.29, 0.717) is 5.69 Å². The first-order valence-corrected chi connectivity index (χ1v) is 5.72. The molecule has 0 amide bonds. The molecule has 0 radical (unpaired) electrons. The first-order valence-electron chi connectivity index (χ1n) is 4.84. The van der Waals surface area contributed by atoms with Gasteiger partial charge in [-0.05, 0) is 18.2 Å². The Hall–Kier alpha value is -2.39. The molecular formula is C11H6N4OS. The molecule has 2 aromatic heterocycles. The Kier molecular flexibility index (Phi) is 2.06. The van der Waals surface area contributed by atoms with Crippen molar-refractivity contribution in [3.8, 4) is 16.6 Å². The van der Waals surface area contributed by atoms with Gasteiger partial charge in [-0.2, -0.15) is 5.26 Å². The highest BCUT2D eigenvalue weighted by Crippen LogP contribution is 2.25. The number of hydrogen-bond acceptors (Lipinski definition) is 4. The van der Waals surface area contributed by atoms with E-state index in [1.807, 2.05) is 24.3 Å². The Morgan fingerprint density at radius 2 is 2.12 bits per heavy atom. The zero-order chi connectivity index (χ0) is 11.8. The van der Waals surface area contributed by atoms with Crippen molar-refractivity contribution in [2.45, 2.75) is 0 Å². The van der Waals surface area contributed by atoms with Crippen molar-refractivity contribution in [3.63, 3.8) is 0 Å². The number of aromatic nitrogens is 3. The van der Waals surface area contributed by atoms with E-state index < -0.39 is 0 Å². The number of aromatic amines is 2. The summed E-state index contributed by atoms with van der Waals surface area (Å²) in [6.07, 6.45) is 0. The lowest BCUT2D eigenvalue weighted by atomic mass is 10.2. The summed E-state index contributed by atoms with van der Waals surface area (Å²) >= 11 is 1.41. The van der Waals surface area contributed by atoms with Crippen LogP contribution in [0.2, 0.25) is 0 Å². The highest BCUT2D eigenvalue weighted by molar-refractivity contribution is 7.13. The molecule has 0 saturated carbocycles. The Labute approximate surface area is 99.4 Å². The molecule has 0 saturated heterocycles. The lowest BCUT2D eigenvalue weighted by molar-refractivity contribution is 1.21. The van der Waals surface area contributed by atoms with Crippen LogP contribution in [0, 0.1) is 11.3 Å². The van der Waals surface area contributed by atoms with Gasteiger partial charge >= 0.3 is 5.69 Å². The first-order chi connectivity index (χ1) is 8.26. The molecule has 0 aliphatic rings. The number of nitriles is 1. The van der Waals surface area contributed by atoms with Gasteiger partial charge in [0.1, 0.15) is 11.1 Å². The minimum Gasteiger partial charge on any atom is -0.306 e. The van der Waals surface area contributed by atoms with Gasteiger partial charge in [0, 0.05) is 10.9 Å². The lowest BCUT2D eigenvalue weighted by Crippen LogP contribution is -1.99. The van der Waals surface area contributed by atoms with Gasteiger partial charge in [-0.3, -0.25) is 0 Å². The van der Waals surface area contributed by atoms with Crippen molar-refractivity contribution in [1.82, 2.24) is 15.0 Å². The molecule has 3 aromatic rings. The number of rotatable bonds is 1. The number of benzene rings is 1. The van der Waals surface area contributed by atoms with E-state index >= 15 is 0 Å². The molecule has 6 heteroatoms. The third-order valence-corrected chi connectivity index (χ3v) is 3.27. The first kappa shape index (κ1) is 9.81. The van der Waals surface area contributed by atoms with Gasteiger partial charge in [-0.25, -0.2) is 9.78 Å². The van der Waals surface area contributed by atoms with E-state index in [2.05, 4.69) is 15.0 Å². The molecule has 1 aromatic carbocycles. The van der Waals surface area contributed by atoms with Crippen molar-refractivity contribution >= 4 is 22.4 Å². The fraction of sp³-hybridized carbons (Fsp3) is 0. The molecule has 0 fully saturated rings. The second-order valence-corrected chi connectivity index (χ2v) is 4.35. The van der Waals surface area contributed by atoms with Gasteiger partial charge in [-0.1, -0.05) is 0 Å². The lowest BCUT2D eigenvalue weighted by Gasteiger charge is -1.95. The average molecular weight is 242 g/mol. The third-order valence-electron chi connectivity index (χ3n) is 2.38. The predicted molar refractivity (Wildman–Crippen MR) is 64.7 cm³/mol. The highest BCUT2D eigenvalue weighted by atomic mass is 32.1. The number of nitrogens with zero attached hydrogens (tertiary/aromatic N) is 2. The van der Waals surface area contributed by atoms with E-state index in [-0.39, 0.29) is 5.69 Å². The van der Waals surface area contributed by atoms with Crippen LogP contribution in [0.4, 0.5) is 0 Å². The molecule has 0 aliphatic carbocycles. The molecule has 2 N–H and O–H groups in total. The SMILES string of the molecule is N#Cc1csc(-c2ccc3[nH]c(=O)[nH]c3c2)n1. The van der Waals surface area contributed by atoms with Crippen molar-refractivity contribution in [2.75, 3.05) is 0 Å². The molecular weight excluding hydrogens is 236 g/mol. The monoisotopic (exact) mass is 242 g/mol. The maximum Gasteiger partial charge on any atom is 0.323 e. The summed E-state index contributed by atoms with van der Waals surface area (Å²) in [5.74, 6) is 0. The molecule has 82 valence electrons. The van der Waals surface area contributed by atoms with Crippen LogP contribution in [0.5, 0.6) is 0 Å². The van der Waals surface area contributed by atoms with E-state index in [0.717, 1.165) is 21.6 Å². The van der Waals surface area contributed by atoms with Crippen molar-refractivity contribution in [1.29, 1.82) is 5.26 Å². The third kappa shape index (κ3) is 1.62. The summed E-state index contributed by atoms with van der Waals surface area (Å²) < 4.78 is 0. The van der Waals surface area contributed by atoms with Crippen LogP contribution >= 0.6 is 11.3 Å². The van der Waals surface area contributed by atoms with Crippen molar-refractivity contribution in [2.24, 2.45) is 0 Å². The van der Waals surface area contributed by atoms with Gasteiger partial charge < -0.3 is 9.97 Å². The zero-order valence-electron chi connectivity index (χ0n) is 8.52. The minimum absolute atomic E-state index is 0.228. The fourth-order valence-electron chi connectivity index (χ4n) is 1.62. The van der Waals surface area contributed by atoms with E-state index in [1.165, 1.54) is 11.3 Å². The Morgan fingerprint density at radius 1 is 1.29 bits per heavy atom. The number of thiazole rings is 1. The van der Waals surface area contributed by atoms with E-state index in [4.69, 9.17) is 5.26 Å². The number of fused-ring (bicyclic) bond motifs is 1. The Balaban J connectivity index is 2.17. The van der Waals surface area contributed by atoms with Gasteiger partial charge in [0.2, 0.25) is 0 Å². The Bertz CT molecular complexity index is 790. The van der Waals surface area contributed by atoms with Crippen LogP contribution in [0.15, 0.2) is 28.4 Å². The minimum atomic E-state index is -0.228. The molecule has 0 bridgehead atoms. The quantitative estimate of drug-likeness (QED) is 0.682. The molecule has 17 heavy (non-hydrogen) atoms. The number of H-pyrrole nitrogens is 2. The van der Waals surface area contributed by atoms with E-state index in [9.17, 15) is 4.79 Å². The number of nitrogens with one attached hydrogen (secondary N) is 2. The van der Waals surface area contributed by atoms with Crippen LogP contribution in [0.3, 0.4) is 0 Å². The van der Waals surface area contributed by atoms with Crippen molar-refractivity contribution < 1.29 is 0 Å². The Morgan fingerprint density at radius 3 is 2.88 bits per heavy atom. The largest absolute Gasteiger partial charge is 0.323 e. The van der Waals surface area contributed by atoms with Crippen LogP contribution in [-0.4, -0.2) is 15.0 Å². The van der Waals surface area contributed by atoms with Crippen LogP contribution < -0.4 is 5.69 Å². The second-order valence-electron chi connectivity index (χ2n) is 3.49. The molecule has 0 unspecified atom stereocenters. The summed E-state index contributed by atoms with van der Waals surface area (Å²) in [5, 5.41) is 11.2. The normalized spacial score (nSPS) is 10.5. The number of imidazole rings is 1. The second kappa shape index (κ2) is 3.57. The summed E-state index contributed by atoms with van der Waals surface area (Å²) in [6, 6.07) is 7.52. The smallest absolute Gasteiger partial charge is 0.306 e. The molecule has 0 aliphatic heterocycles. The summed E-state index contributed by atoms with van der Waals surface area (Å²) in [5.41, 5.74) is 2.57. The van der Waals surface area contributed by atoms with Crippen LogP contribution in [-0.2, 0) is 0 Å². The topological polar surface area (TPSA) is 85.3 Å². The van der Waals surface area contributed by atoms with Crippen LogP contribution in [0.25, 0.3) is 21.6 Å². The van der Waals surface area contributed by atoms with E-state index in [1.54, 1.807) is 5.38 Å². The van der Waals surface area contributed by atoms with Gasteiger partial charge in [0.05, 0.1) is 11.0 Å². The highest BCUT2D eigenvalue weighted by Gasteiger charge is 2.06. The maximum atomic E-state index is 11.1. The molecule has 2 heterocycles. The number of hydrogen-bond donors (Lipinski definition) is 2. The zero-order valence-corrected chi connectivity index (χ0v) is 9.34. The van der Waals surface area contributed by atoms with Gasteiger partial charge in [0.15, 0.2) is 5.69 Å². The summed E-state index contributed by atoms with van der Waals surface area (Å²) in [7, 11) is 0.